The summed E-state index contributed by atoms with van der Waals surface area (Å²) in [6, 6.07) is 6.87. The summed E-state index contributed by atoms with van der Waals surface area (Å²) in [6.07, 6.45) is 1.31. The number of aromatic nitrogens is 2. The highest BCUT2D eigenvalue weighted by molar-refractivity contribution is 5.88. The second-order valence-corrected chi connectivity index (χ2v) is 3.61. The van der Waals surface area contributed by atoms with Gasteiger partial charge in [-0.05, 0) is 19.1 Å². The number of nitrogens with two attached hydrogens (primary N) is 1. The van der Waals surface area contributed by atoms with E-state index in [2.05, 4.69) is 5.10 Å². The molecule has 94 valence electrons. The van der Waals surface area contributed by atoms with Gasteiger partial charge in [-0.15, -0.1) is 0 Å². The fourth-order valence-electron chi connectivity index (χ4n) is 1.60. The molecule has 0 fully saturated rings. The molecular formula is C12H13N3O3. The first-order chi connectivity index (χ1) is 8.65. The summed E-state index contributed by atoms with van der Waals surface area (Å²) >= 11 is 0. The Balaban J connectivity index is 2.47. The molecule has 1 aromatic heterocycles. The van der Waals surface area contributed by atoms with Crippen molar-refractivity contribution in [3.8, 4) is 5.69 Å². The van der Waals surface area contributed by atoms with Gasteiger partial charge in [0.15, 0.2) is 0 Å². The summed E-state index contributed by atoms with van der Waals surface area (Å²) in [5.74, 6) is -0.646. The molecule has 0 saturated carbocycles. The predicted octanol–water partition coefficient (Wildman–Crippen LogP) is 0.924. The number of rotatable bonds is 3. The summed E-state index contributed by atoms with van der Waals surface area (Å²) in [4.78, 5) is 23.5. The topological polar surface area (TPSA) is 90.1 Å². The van der Waals surface area contributed by atoms with E-state index in [0.717, 1.165) is 0 Å². The second kappa shape index (κ2) is 4.79. The lowest BCUT2D eigenvalue weighted by molar-refractivity contribution is 0.0525. The van der Waals surface area contributed by atoms with Crippen LogP contribution < -0.4 is 11.3 Å². The number of ether oxygens (including phenoxy) is 1. The van der Waals surface area contributed by atoms with E-state index in [1.165, 1.54) is 10.9 Å². The monoisotopic (exact) mass is 247 g/mol. The van der Waals surface area contributed by atoms with Crippen molar-refractivity contribution in [2.24, 2.45) is 0 Å². The molecule has 6 nitrogen and oxygen atoms in total. The van der Waals surface area contributed by atoms with Crippen LogP contribution in [-0.4, -0.2) is 22.4 Å². The van der Waals surface area contributed by atoms with Gasteiger partial charge in [-0.2, -0.15) is 0 Å². The number of benzene rings is 1. The van der Waals surface area contributed by atoms with Crippen LogP contribution in [0.25, 0.3) is 5.69 Å². The van der Waals surface area contributed by atoms with E-state index in [9.17, 15) is 9.59 Å². The highest BCUT2D eigenvalue weighted by Gasteiger charge is 2.16. The Labute approximate surface area is 103 Å². The number of hydrogen-bond donors (Lipinski definition) is 2. The molecule has 6 heteroatoms. The first-order valence-electron chi connectivity index (χ1n) is 5.47. The Bertz CT molecular complexity index is 627. The number of nitrogens with zero attached hydrogens (tertiary/aromatic N) is 1. The maximum Gasteiger partial charge on any atom is 0.345 e. The number of anilines is 1. The van der Waals surface area contributed by atoms with Crippen molar-refractivity contribution >= 4 is 11.7 Å². The zero-order valence-corrected chi connectivity index (χ0v) is 9.84. The molecule has 0 aliphatic rings. The minimum Gasteiger partial charge on any atom is -0.462 e. The third kappa shape index (κ3) is 2.00. The van der Waals surface area contributed by atoms with Crippen molar-refractivity contribution in [1.29, 1.82) is 0 Å². The van der Waals surface area contributed by atoms with Crippen LogP contribution in [0.2, 0.25) is 0 Å². The highest BCUT2D eigenvalue weighted by Crippen LogP contribution is 2.13. The molecular weight excluding hydrogens is 234 g/mol. The zero-order chi connectivity index (χ0) is 13.1. The molecule has 0 spiro atoms. The van der Waals surface area contributed by atoms with Crippen LogP contribution in [0.4, 0.5) is 5.69 Å². The highest BCUT2D eigenvalue weighted by atomic mass is 16.5. The average molecular weight is 247 g/mol. The van der Waals surface area contributed by atoms with Crippen molar-refractivity contribution in [2.75, 3.05) is 12.3 Å². The maximum atomic E-state index is 12.0. The van der Waals surface area contributed by atoms with Gasteiger partial charge in [0.2, 0.25) is 0 Å². The quantitative estimate of drug-likeness (QED) is 0.623. The molecule has 0 aliphatic heterocycles. The molecule has 0 aliphatic carbocycles. The third-order valence-corrected chi connectivity index (χ3v) is 2.44. The van der Waals surface area contributed by atoms with E-state index in [0.29, 0.717) is 11.4 Å². The van der Waals surface area contributed by atoms with E-state index >= 15 is 0 Å². The van der Waals surface area contributed by atoms with E-state index < -0.39 is 11.5 Å². The first-order valence-corrected chi connectivity index (χ1v) is 5.47. The molecule has 0 amide bonds. The van der Waals surface area contributed by atoms with Crippen molar-refractivity contribution in [3.05, 3.63) is 46.4 Å². The summed E-state index contributed by atoms with van der Waals surface area (Å²) in [5.41, 5.74) is 6.19. The minimum atomic E-state index is -0.646. The fraction of sp³-hybridized carbons (Fsp3) is 0.167. The number of hydrogen-bond acceptors (Lipinski definition) is 4. The SMILES string of the molecule is CCOC(=O)c1c[nH]n(-c2ccccc2N)c1=O. The molecule has 0 saturated heterocycles. The smallest absolute Gasteiger partial charge is 0.345 e. The molecule has 1 aromatic carbocycles. The second-order valence-electron chi connectivity index (χ2n) is 3.61. The van der Waals surface area contributed by atoms with Gasteiger partial charge < -0.3 is 10.5 Å². The van der Waals surface area contributed by atoms with Crippen molar-refractivity contribution in [3.63, 3.8) is 0 Å². The van der Waals surface area contributed by atoms with Gasteiger partial charge in [-0.3, -0.25) is 9.89 Å². The minimum absolute atomic E-state index is 0.0416. The molecule has 1 heterocycles. The summed E-state index contributed by atoms with van der Waals surface area (Å²) in [6.45, 7) is 1.90. The number of nitrogens with one attached hydrogen (secondary N) is 1. The van der Waals surface area contributed by atoms with Gasteiger partial charge in [0.1, 0.15) is 5.56 Å². The van der Waals surface area contributed by atoms with Crippen LogP contribution >= 0.6 is 0 Å². The van der Waals surface area contributed by atoms with E-state index in [4.69, 9.17) is 10.5 Å². The third-order valence-electron chi connectivity index (χ3n) is 2.44. The van der Waals surface area contributed by atoms with Gasteiger partial charge in [-0.1, -0.05) is 12.1 Å². The van der Waals surface area contributed by atoms with Crippen molar-refractivity contribution in [1.82, 2.24) is 9.78 Å². The zero-order valence-electron chi connectivity index (χ0n) is 9.84. The van der Waals surface area contributed by atoms with Gasteiger partial charge in [0.25, 0.3) is 5.56 Å². The van der Waals surface area contributed by atoms with Gasteiger partial charge in [0.05, 0.1) is 18.0 Å². The van der Waals surface area contributed by atoms with E-state index in [1.54, 1.807) is 31.2 Å². The number of H-pyrrole nitrogens is 1. The largest absolute Gasteiger partial charge is 0.462 e. The number of esters is 1. The number of nitrogen functional groups attached to an aromatic ring is 1. The van der Waals surface area contributed by atoms with Crippen LogP contribution in [0.5, 0.6) is 0 Å². The van der Waals surface area contributed by atoms with Gasteiger partial charge >= 0.3 is 5.97 Å². The standard InChI is InChI=1S/C12H13N3O3/c1-2-18-12(17)8-7-14-15(11(8)16)10-6-4-3-5-9(10)13/h3-7,14H,2,13H2,1H3. The van der Waals surface area contributed by atoms with Crippen molar-refractivity contribution < 1.29 is 9.53 Å². The van der Waals surface area contributed by atoms with Crippen LogP contribution in [0.1, 0.15) is 17.3 Å². The van der Waals surface area contributed by atoms with Gasteiger partial charge in [0, 0.05) is 6.20 Å². The molecule has 2 rings (SSSR count). The number of carbonyl (C=O) groups excluding carboxylic acids is 1. The number of carbonyl (C=O) groups is 1. The van der Waals surface area contributed by atoms with E-state index in [-0.39, 0.29) is 12.2 Å². The number of para-hydroxylation sites is 2. The van der Waals surface area contributed by atoms with Crippen molar-refractivity contribution in [2.45, 2.75) is 6.92 Å². The normalized spacial score (nSPS) is 10.3. The molecule has 0 unspecified atom stereocenters. The number of aromatic amines is 1. The molecule has 18 heavy (non-hydrogen) atoms. The predicted molar refractivity (Wildman–Crippen MR) is 66.8 cm³/mol. The van der Waals surface area contributed by atoms with Crippen LogP contribution in [0, 0.1) is 0 Å². The lowest BCUT2D eigenvalue weighted by atomic mass is 10.3. The summed E-state index contributed by atoms with van der Waals surface area (Å²) in [7, 11) is 0. The van der Waals surface area contributed by atoms with E-state index in [1.807, 2.05) is 0 Å². The maximum absolute atomic E-state index is 12.0. The van der Waals surface area contributed by atoms with Crippen LogP contribution in [0.3, 0.4) is 0 Å². The fourth-order valence-corrected chi connectivity index (χ4v) is 1.60. The summed E-state index contributed by atoms with van der Waals surface area (Å²) in [5, 5.41) is 2.69. The molecule has 2 aromatic rings. The molecule has 0 atom stereocenters. The summed E-state index contributed by atoms with van der Waals surface area (Å²) < 4.78 is 5.99. The Morgan fingerprint density at radius 1 is 1.44 bits per heavy atom. The first kappa shape index (κ1) is 12.0. The Hall–Kier alpha value is -2.50. The Morgan fingerprint density at radius 3 is 2.83 bits per heavy atom. The van der Waals surface area contributed by atoms with Gasteiger partial charge in [-0.25, -0.2) is 9.48 Å². The molecule has 0 bridgehead atoms. The molecule has 3 N–H and O–H groups in total. The Kier molecular flexibility index (Phi) is 3.18. The Morgan fingerprint density at radius 2 is 2.17 bits per heavy atom. The van der Waals surface area contributed by atoms with Crippen LogP contribution in [0.15, 0.2) is 35.3 Å². The lowest BCUT2D eigenvalue weighted by Crippen LogP contribution is -2.22. The van der Waals surface area contributed by atoms with Crippen LogP contribution in [-0.2, 0) is 4.74 Å². The lowest BCUT2D eigenvalue weighted by Gasteiger charge is -2.04. The average Bonchev–Trinajstić information content (AvgIpc) is 2.72. The molecule has 0 radical (unpaired) electrons.